The van der Waals surface area contributed by atoms with Crippen LogP contribution in [-0.2, 0) is 6.42 Å². The maximum atomic E-state index is 11.9. The van der Waals surface area contributed by atoms with Crippen molar-refractivity contribution in [2.45, 2.75) is 13.3 Å². The molecule has 5 heteroatoms. The van der Waals surface area contributed by atoms with Crippen molar-refractivity contribution < 1.29 is 0 Å². The molecule has 0 spiro atoms. The topological polar surface area (TPSA) is 90.5 Å². The van der Waals surface area contributed by atoms with E-state index in [1.807, 2.05) is 55.6 Å². The van der Waals surface area contributed by atoms with Gasteiger partial charge >= 0.3 is 0 Å². The number of anilines is 1. The lowest BCUT2D eigenvalue weighted by Crippen LogP contribution is -2.33. The van der Waals surface area contributed by atoms with Crippen LogP contribution in [0.5, 0.6) is 0 Å². The third-order valence-electron chi connectivity index (χ3n) is 3.52. The smallest absolute Gasteiger partial charge is 0.271 e. The standard InChI is InChI=1S/C17H18N4O/c1-11-8-14(19-10-11)9-15-16(20-21-17(15)22)7-4-12-2-5-13(18)6-3-12/h2-3,5-10,19-20H,4,18H2,1H3,(H,21,22). The molecule has 22 heavy (non-hydrogen) atoms. The Labute approximate surface area is 127 Å². The van der Waals surface area contributed by atoms with Crippen molar-refractivity contribution in [1.29, 1.82) is 0 Å². The van der Waals surface area contributed by atoms with E-state index in [1.54, 1.807) is 0 Å². The van der Waals surface area contributed by atoms with Gasteiger partial charge in [0.25, 0.3) is 5.56 Å². The summed E-state index contributed by atoms with van der Waals surface area (Å²) in [5.74, 6) is 0. The van der Waals surface area contributed by atoms with E-state index >= 15 is 0 Å². The van der Waals surface area contributed by atoms with E-state index in [-0.39, 0.29) is 5.56 Å². The Morgan fingerprint density at radius 1 is 1.18 bits per heavy atom. The molecule has 0 bridgehead atoms. The Morgan fingerprint density at radius 3 is 2.64 bits per heavy atom. The highest BCUT2D eigenvalue weighted by Gasteiger charge is 1.98. The van der Waals surface area contributed by atoms with Crippen LogP contribution in [-0.4, -0.2) is 15.2 Å². The fraction of sp³-hybridized carbons (Fsp3) is 0.118. The number of aryl methyl sites for hydroxylation is 1. The minimum Gasteiger partial charge on any atom is -0.399 e. The molecule has 0 unspecified atom stereocenters. The molecule has 2 aromatic heterocycles. The quantitative estimate of drug-likeness (QED) is 0.538. The second-order valence-electron chi connectivity index (χ2n) is 5.33. The van der Waals surface area contributed by atoms with E-state index in [0.717, 1.165) is 34.3 Å². The predicted molar refractivity (Wildman–Crippen MR) is 88.8 cm³/mol. The second kappa shape index (κ2) is 5.81. The maximum absolute atomic E-state index is 11.9. The zero-order valence-electron chi connectivity index (χ0n) is 12.3. The Kier molecular flexibility index (Phi) is 3.70. The molecule has 0 fully saturated rings. The second-order valence-corrected chi connectivity index (χ2v) is 5.33. The van der Waals surface area contributed by atoms with Gasteiger partial charge in [0.2, 0.25) is 0 Å². The summed E-state index contributed by atoms with van der Waals surface area (Å²) in [5, 5.41) is 6.96. The average Bonchev–Trinajstić information content (AvgIpc) is 3.06. The van der Waals surface area contributed by atoms with E-state index in [9.17, 15) is 4.79 Å². The van der Waals surface area contributed by atoms with Crippen LogP contribution in [0.3, 0.4) is 0 Å². The molecule has 0 atom stereocenters. The van der Waals surface area contributed by atoms with Crippen molar-refractivity contribution in [3.63, 3.8) is 0 Å². The molecule has 2 heterocycles. The molecule has 0 aliphatic carbocycles. The number of nitrogens with two attached hydrogens (primary N) is 1. The summed E-state index contributed by atoms with van der Waals surface area (Å²) in [7, 11) is 0. The number of rotatable bonds is 3. The van der Waals surface area contributed by atoms with Crippen LogP contribution in [0.2, 0.25) is 0 Å². The molecular weight excluding hydrogens is 276 g/mol. The zero-order valence-corrected chi connectivity index (χ0v) is 12.3. The third kappa shape index (κ3) is 3.03. The maximum Gasteiger partial charge on any atom is 0.271 e. The van der Waals surface area contributed by atoms with Gasteiger partial charge in [0.05, 0.1) is 10.6 Å². The molecule has 112 valence electrons. The minimum absolute atomic E-state index is 0.129. The van der Waals surface area contributed by atoms with Gasteiger partial charge in [-0.1, -0.05) is 18.2 Å². The third-order valence-corrected chi connectivity index (χ3v) is 3.52. The molecule has 3 rings (SSSR count). The number of hydrogen-bond donors (Lipinski definition) is 4. The van der Waals surface area contributed by atoms with Gasteiger partial charge in [0, 0.05) is 17.6 Å². The van der Waals surface area contributed by atoms with Gasteiger partial charge in [-0.2, -0.15) is 0 Å². The average molecular weight is 294 g/mol. The lowest BCUT2D eigenvalue weighted by molar-refractivity contribution is 1.03. The number of aromatic nitrogens is 3. The van der Waals surface area contributed by atoms with Crippen molar-refractivity contribution in [3.05, 3.63) is 74.3 Å². The molecule has 5 nitrogen and oxygen atoms in total. The van der Waals surface area contributed by atoms with Crippen molar-refractivity contribution in [3.8, 4) is 0 Å². The number of nitrogens with one attached hydrogen (secondary N) is 3. The fourth-order valence-corrected chi connectivity index (χ4v) is 2.32. The SMILES string of the molecule is Cc1c[nH]c(C=c2c(=O)[nH][nH]c2=CCc2ccc(N)cc2)c1. The van der Waals surface area contributed by atoms with Gasteiger partial charge < -0.3 is 10.7 Å². The lowest BCUT2D eigenvalue weighted by atomic mass is 10.1. The number of hydrogen-bond acceptors (Lipinski definition) is 2. The summed E-state index contributed by atoms with van der Waals surface area (Å²) in [4.78, 5) is 15.1. The Balaban J connectivity index is 1.98. The molecule has 3 aromatic rings. The molecule has 0 amide bonds. The summed E-state index contributed by atoms with van der Waals surface area (Å²) in [5.41, 5.74) is 9.47. The van der Waals surface area contributed by atoms with E-state index in [0.29, 0.717) is 5.22 Å². The predicted octanol–water partition coefficient (Wildman–Crippen LogP) is 0.774. The highest BCUT2D eigenvalue weighted by atomic mass is 16.1. The summed E-state index contributed by atoms with van der Waals surface area (Å²) in [6.45, 7) is 2.00. The van der Waals surface area contributed by atoms with Crippen molar-refractivity contribution in [2.24, 2.45) is 0 Å². The minimum atomic E-state index is -0.129. The highest BCUT2D eigenvalue weighted by Crippen LogP contribution is 2.06. The van der Waals surface area contributed by atoms with Gasteiger partial charge in [0.1, 0.15) is 0 Å². The Hall–Kier alpha value is -2.95. The van der Waals surface area contributed by atoms with Gasteiger partial charge in [-0.25, -0.2) is 0 Å². The summed E-state index contributed by atoms with van der Waals surface area (Å²) in [6.07, 6.45) is 6.46. The molecule has 5 N–H and O–H groups in total. The van der Waals surface area contributed by atoms with E-state index in [4.69, 9.17) is 5.73 Å². The van der Waals surface area contributed by atoms with E-state index in [1.165, 1.54) is 0 Å². The Morgan fingerprint density at radius 2 is 1.95 bits per heavy atom. The molecular formula is C17H18N4O. The van der Waals surface area contributed by atoms with Crippen LogP contribution in [0.25, 0.3) is 12.2 Å². The van der Waals surface area contributed by atoms with Gasteiger partial charge in [-0.3, -0.25) is 15.0 Å². The van der Waals surface area contributed by atoms with Gasteiger partial charge in [-0.15, -0.1) is 0 Å². The molecule has 0 saturated carbocycles. The van der Waals surface area contributed by atoms with E-state index < -0.39 is 0 Å². The zero-order chi connectivity index (χ0) is 15.5. The first-order valence-electron chi connectivity index (χ1n) is 7.10. The summed E-state index contributed by atoms with van der Waals surface area (Å²) >= 11 is 0. The first-order valence-corrected chi connectivity index (χ1v) is 7.10. The number of aromatic amines is 3. The summed E-state index contributed by atoms with van der Waals surface area (Å²) < 4.78 is 0. The van der Waals surface area contributed by atoms with Crippen LogP contribution in [0.1, 0.15) is 16.8 Å². The largest absolute Gasteiger partial charge is 0.399 e. The molecule has 1 aromatic carbocycles. The van der Waals surface area contributed by atoms with Crippen LogP contribution in [0, 0.1) is 6.92 Å². The van der Waals surface area contributed by atoms with Gasteiger partial charge in [-0.05, 0) is 48.7 Å². The van der Waals surface area contributed by atoms with Crippen molar-refractivity contribution in [2.75, 3.05) is 5.73 Å². The first-order chi connectivity index (χ1) is 10.6. The lowest BCUT2D eigenvalue weighted by Gasteiger charge is -1.96. The van der Waals surface area contributed by atoms with Crippen molar-refractivity contribution in [1.82, 2.24) is 15.2 Å². The van der Waals surface area contributed by atoms with Crippen LogP contribution in [0.15, 0.2) is 41.3 Å². The monoisotopic (exact) mass is 294 g/mol. The van der Waals surface area contributed by atoms with Crippen LogP contribution >= 0.6 is 0 Å². The van der Waals surface area contributed by atoms with Gasteiger partial charge in [0.15, 0.2) is 0 Å². The number of nitrogen functional groups attached to an aromatic ring is 1. The Bertz CT molecular complexity index is 942. The summed E-state index contributed by atoms with van der Waals surface area (Å²) in [6, 6.07) is 9.70. The van der Waals surface area contributed by atoms with E-state index in [2.05, 4.69) is 15.2 Å². The van der Waals surface area contributed by atoms with Crippen molar-refractivity contribution >= 4 is 17.8 Å². The highest BCUT2D eigenvalue weighted by molar-refractivity contribution is 5.47. The molecule has 0 aliphatic heterocycles. The molecule has 0 saturated heterocycles. The fourth-order valence-electron chi connectivity index (χ4n) is 2.32. The molecule has 0 radical (unpaired) electrons. The molecule has 0 aliphatic rings. The van der Waals surface area contributed by atoms with Crippen LogP contribution in [0.4, 0.5) is 5.69 Å². The number of benzene rings is 1. The number of H-pyrrole nitrogens is 3. The van der Waals surface area contributed by atoms with Crippen LogP contribution < -0.4 is 21.9 Å². The first kappa shape index (κ1) is 14.0. The normalized spacial score (nSPS) is 13.0.